The Bertz CT molecular complexity index is 1280. The Kier molecular flexibility index (Phi) is 5.91. The largest absolute Gasteiger partial charge is 0.497 e. The van der Waals surface area contributed by atoms with Gasteiger partial charge >= 0.3 is 0 Å². The molecule has 2 bridgehead atoms. The summed E-state index contributed by atoms with van der Waals surface area (Å²) in [5.41, 5.74) is 2.71. The number of azo groups is 1. The number of hydrogen-bond acceptors (Lipinski definition) is 5. The smallest absolute Gasteiger partial charge is 0.269 e. The third-order valence-electron chi connectivity index (χ3n) is 7.54. The summed E-state index contributed by atoms with van der Waals surface area (Å²) in [5.74, 6) is 0.424. The first-order chi connectivity index (χ1) is 16.7. The van der Waals surface area contributed by atoms with Crippen molar-refractivity contribution in [3.8, 4) is 11.6 Å². The van der Waals surface area contributed by atoms with Crippen LogP contribution in [-0.4, -0.2) is 40.2 Å². The molecule has 2 fully saturated rings. The van der Waals surface area contributed by atoms with Crippen molar-refractivity contribution in [3.63, 3.8) is 0 Å². The molecule has 1 aliphatic carbocycles. The molecule has 7 heteroatoms. The number of nitrogens with zero attached hydrogens (tertiary/aromatic N) is 4. The Morgan fingerprint density at radius 1 is 1.11 bits per heavy atom. The molecule has 1 aliphatic heterocycles. The number of carbonyl (C=O) groups excluding carboxylic acids is 1. The first kappa shape index (κ1) is 23.5. The minimum absolute atomic E-state index is 0.0538. The third-order valence-corrected chi connectivity index (χ3v) is 7.54. The number of aromatic hydroxyl groups is 1. The lowest BCUT2D eigenvalue weighted by molar-refractivity contribution is -0.117. The second-order valence-corrected chi connectivity index (χ2v) is 11.3. The highest BCUT2D eigenvalue weighted by atomic mass is 16.5. The molecule has 184 valence electrons. The van der Waals surface area contributed by atoms with Gasteiger partial charge in [0.05, 0.1) is 25.7 Å². The summed E-state index contributed by atoms with van der Waals surface area (Å²) in [4.78, 5) is 15.0. The predicted molar refractivity (Wildman–Crippen MR) is 136 cm³/mol. The highest BCUT2D eigenvalue weighted by Crippen LogP contribution is 2.53. The molecule has 3 aromatic rings. The third kappa shape index (κ3) is 4.69. The van der Waals surface area contributed by atoms with Crippen molar-refractivity contribution in [2.45, 2.75) is 59.2 Å². The van der Waals surface area contributed by atoms with Crippen LogP contribution in [0, 0.1) is 10.8 Å². The average molecular weight is 475 g/mol. The SMILES string of the molecule is COc1ccc(CC(=O)N=Nc2c(O)n(CN3C[C@@]4(C)C[C@@H]3CC(C)(C)C4)c3ccccc23)cc1. The van der Waals surface area contributed by atoms with Crippen molar-refractivity contribution in [2.24, 2.45) is 21.1 Å². The van der Waals surface area contributed by atoms with Gasteiger partial charge in [-0.15, -0.1) is 10.2 Å². The van der Waals surface area contributed by atoms with Crippen LogP contribution in [0.1, 0.15) is 45.6 Å². The number of benzene rings is 2. The molecule has 35 heavy (non-hydrogen) atoms. The van der Waals surface area contributed by atoms with Crippen LogP contribution in [0.15, 0.2) is 58.8 Å². The molecule has 0 radical (unpaired) electrons. The Labute approximate surface area is 206 Å². The first-order valence-electron chi connectivity index (χ1n) is 12.3. The first-order valence-corrected chi connectivity index (χ1v) is 12.3. The second kappa shape index (κ2) is 8.79. The number of likely N-dealkylation sites (tertiary alicyclic amines) is 1. The maximum absolute atomic E-state index is 12.5. The van der Waals surface area contributed by atoms with E-state index < -0.39 is 0 Å². The summed E-state index contributed by atoms with van der Waals surface area (Å²) < 4.78 is 7.07. The topological polar surface area (TPSA) is 79.4 Å². The fourth-order valence-electron chi connectivity index (χ4n) is 6.50. The fourth-order valence-corrected chi connectivity index (χ4v) is 6.50. The summed E-state index contributed by atoms with van der Waals surface area (Å²) in [5, 5.41) is 20.2. The van der Waals surface area contributed by atoms with Crippen LogP contribution in [-0.2, 0) is 17.9 Å². The molecule has 1 amide bonds. The van der Waals surface area contributed by atoms with Gasteiger partial charge in [-0.3, -0.25) is 14.3 Å². The molecule has 5 rings (SSSR count). The lowest BCUT2D eigenvalue weighted by Crippen LogP contribution is -2.35. The lowest BCUT2D eigenvalue weighted by Gasteiger charge is -2.40. The van der Waals surface area contributed by atoms with Gasteiger partial charge in [-0.25, -0.2) is 0 Å². The van der Waals surface area contributed by atoms with Crippen LogP contribution >= 0.6 is 0 Å². The highest BCUT2D eigenvalue weighted by molar-refractivity contribution is 5.95. The second-order valence-electron chi connectivity index (χ2n) is 11.3. The molecular formula is C28H34N4O3. The zero-order valence-corrected chi connectivity index (χ0v) is 21.0. The number of aromatic nitrogens is 1. The van der Waals surface area contributed by atoms with Gasteiger partial charge in [-0.2, -0.15) is 0 Å². The number of carbonyl (C=O) groups is 1. The number of ether oxygens (including phenoxy) is 1. The van der Waals surface area contributed by atoms with E-state index in [1.165, 1.54) is 12.8 Å². The monoisotopic (exact) mass is 474 g/mol. The van der Waals surface area contributed by atoms with Crippen LogP contribution in [0.4, 0.5) is 5.69 Å². The summed E-state index contributed by atoms with van der Waals surface area (Å²) in [6.07, 6.45) is 3.72. The molecule has 7 nitrogen and oxygen atoms in total. The van der Waals surface area contributed by atoms with E-state index >= 15 is 0 Å². The van der Waals surface area contributed by atoms with Gasteiger partial charge in [0.15, 0.2) is 5.69 Å². The van der Waals surface area contributed by atoms with Crippen LogP contribution in [0.5, 0.6) is 11.6 Å². The highest BCUT2D eigenvalue weighted by Gasteiger charge is 2.49. The van der Waals surface area contributed by atoms with Gasteiger partial charge in [0, 0.05) is 18.0 Å². The molecule has 1 aromatic heterocycles. The van der Waals surface area contributed by atoms with Gasteiger partial charge in [-0.05, 0) is 53.9 Å². The van der Waals surface area contributed by atoms with Crippen molar-refractivity contribution < 1.29 is 14.6 Å². The molecule has 0 spiro atoms. The van der Waals surface area contributed by atoms with Gasteiger partial charge in [-0.1, -0.05) is 51.1 Å². The Morgan fingerprint density at radius 3 is 2.60 bits per heavy atom. The summed E-state index contributed by atoms with van der Waals surface area (Å²) in [6, 6.07) is 15.6. The van der Waals surface area contributed by atoms with E-state index in [9.17, 15) is 9.90 Å². The van der Waals surface area contributed by atoms with Gasteiger partial charge in [0.25, 0.3) is 5.91 Å². The Hall–Kier alpha value is -3.19. The zero-order valence-electron chi connectivity index (χ0n) is 21.0. The zero-order chi connectivity index (χ0) is 24.8. The number of rotatable bonds is 6. The van der Waals surface area contributed by atoms with Gasteiger partial charge in [0.1, 0.15) is 5.75 Å². The molecule has 0 unspecified atom stereocenters. The molecule has 1 saturated carbocycles. The van der Waals surface area contributed by atoms with Crippen molar-refractivity contribution >= 4 is 22.5 Å². The summed E-state index contributed by atoms with van der Waals surface area (Å²) in [7, 11) is 1.61. The summed E-state index contributed by atoms with van der Waals surface area (Å²) >= 11 is 0. The van der Waals surface area contributed by atoms with E-state index in [1.807, 2.05) is 53.1 Å². The van der Waals surface area contributed by atoms with Gasteiger partial charge in [0.2, 0.25) is 5.88 Å². The van der Waals surface area contributed by atoms with Crippen LogP contribution in [0.3, 0.4) is 0 Å². The Morgan fingerprint density at radius 2 is 1.86 bits per heavy atom. The molecule has 2 aliphatic rings. The van der Waals surface area contributed by atoms with E-state index in [0.717, 1.165) is 35.2 Å². The molecule has 2 heterocycles. The maximum Gasteiger partial charge on any atom is 0.269 e. The maximum atomic E-state index is 12.5. The number of para-hydroxylation sites is 1. The Balaban J connectivity index is 1.39. The molecule has 2 aromatic carbocycles. The normalized spacial score (nSPS) is 23.8. The lowest BCUT2D eigenvalue weighted by atomic mass is 9.65. The van der Waals surface area contributed by atoms with Gasteiger partial charge < -0.3 is 9.84 Å². The van der Waals surface area contributed by atoms with E-state index in [4.69, 9.17) is 4.74 Å². The van der Waals surface area contributed by atoms with Crippen LogP contribution in [0.2, 0.25) is 0 Å². The molecular weight excluding hydrogens is 440 g/mol. The fraction of sp³-hybridized carbons (Fsp3) is 0.464. The van der Waals surface area contributed by atoms with Crippen molar-refractivity contribution in [1.29, 1.82) is 0 Å². The van der Waals surface area contributed by atoms with E-state index in [0.29, 0.717) is 29.2 Å². The van der Waals surface area contributed by atoms with Crippen molar-refractivity contribution in [2.75, 3.05) is 13.7 Å². The predicted octanol–water partition coefficient (Wildman–Crippen LogP) is 6.07. The molecule has 1 N–H and O–H groups in total. The average Bonchev–Trinajstić information content (AvgIpc) is 3.21. The molecule has 2 atom stereocenters. The minimum Gasteiger partial charge on any atom is -0.497 e. The van der Waals surface area contributed by atoms with E-state index in [2.05, 4.69) is 35.9 Å². The standard InChI is InChI=1S/C28H34N4O3/c1-27(2)14-20-15-28(3,16-27)17-31(20)18-32-23-8-6-5-7-22(23)25(26(32)34)30-29-24(33)13-19-9-11-21(35-4)12-10-19/h5-12,20,34H,13-18H2,1-4H3/t20-,28-/m0/s1. The quantitative estimate of drug-likeness (QED) is 0.440. The number of fused-ring (bicyclic) bond motifs is 3. The van der Waals surface area contributed by atoms with Crippen molar-refractivity contribution in [3.05, 3.63) is 54.1 Å². The number of hydrogen-bond donors (Lipinski definition) is 1. The minimum atomic E-state index is -0.366. The van der Waals surface area contributed by atoms with Crippen LogP contribution in [0.25, 0.3) is 10.9 Å². The van der Waals surface area contributed by atoms with Crippen LogP contribution < -0.4 is 4.74 Å². The number of amides is 1. The van der Waals surface area contributed by atoms with E-state index in [1.54, 1.807) is 7.11 Å². The summed E-state index contributed by atoms with van der Waals surface area (Å²) in [6.45, 7) is 8.74. The van der Waals surface area contributed by atoms with Crippen molar-refractivity contribution in [1.82, 2.24) is 9.47 Å². The van der Waals surface area contributed by atoms with E-state index in [-0.39, 0.29) is 18.2 Å². The molecule has 1 saturated heterocycles. The number of methoxy groups -OCH3 is 1.